The van der Waals surface area contributed by atoms with E-state index in [2.05, 4.69) is 4.99 Å². The van der Waals surface area contributed by atoms with Crippen LogP contribution in [0, 0.1) is 25.2 Å². The fourth-order valence-corrected chi connectivity index (χ4v) is 4.07. The summed E-state index contributed by atoms with van der Waals surface area (Å²) in [6, 6.07) is 20.4. The van der Waals surface area contributed by atoms with Gasteiger partial charge in [-0.2, -0.15) is 23.4 Å². The van der Waals surface area contributed by atoms with Crippen molar-refractivity contribution in [3.63, 3.8) is 0 Å². The van der Waals surface area contributed by atoms with Gasteiger partial charge in [0.1, 0.15) is 23.1 Å². The second-order valence-corrected chi connectivity index (χ2v) is 8.58. The van der Waals surface area contributed by atoms with Crippen LogP contribution in [0.3, 0.4) is 0 Å². The quantitative estimate of drug-likeness (QED) is 0.208. The third-order valence-electron chi connectivity index (χ3n) is 5.92. The zero-order valence-electron chi connectivity index (χ0n) is 20.3. The van der Waals surface area contributed by atoms with Crippen molar-refractivity contribution in [3.05, 3.63) is 111 Å². The van der Waals surface area contributed by atoms with E-state index in [4.69, 9.17) is 4.74 Å². The fraction of sp³-hybridized carbons (Fsp3) is 0.138. The number of aliphatic imine (C=N–C) groups is 1. The van der Waals surface area contributed by atoms with Crippen LogP contribution in [0.4, 0.5) is 18.9 Å². The normalized spacial score (nSPS) is 10.9. The Morgan fingerprint density at radius 2 is 1.71 bits per heavy atom. The second-order valence-electron chi connectivity index (χ2n) is 8.58. The van der Waals surface area contributed by atoms with Crippen LogP contribution < -0.4 is 10.3 Å². The van der Waals surface area contributed by atoms with E-state index < -0.39 is 22.9 Å². The van der Waals surface area contributed by atoms with Crippen molar-refractivity contribution < 1.29 is 22.7 Å². The largest absolute Gasteiger partial charge is 0.457 e. The van der Waals surface area contributed by atoms with E-state index in [1.165, 1.54) is 34.9 Å². The lowest BCUT2D eigenvalue weighted by Gasteiger charge is -2.19. The molecule has 4 rings (SSSR count). The number of nitrogens with zero attached hydrogens (tertiary/aromatic N) is 3. The maximum atomic E-state index is 13.8. The number of ether oxygens (including phenoxy) is 1. The van der Waals surface area contributed by atoms with Crippen LogP contribution >= 0.6 is 0 Å². The van der Waals surface area contributed by atoms with Gasteiger partial charge in [-0.25, -0.2) is 4.79 Å². The standard InChI is InChI=1S/C29H20F3N3O3/c1-18-6-7-21(19(2)12-18)16-35-27(14-26(29(30,31)32)25(15-33)28(35)37)20-8-10-23(11-9-20)38-24-5-3-4-22(13-24)34-17-36/h3-14H,16H2,1-2H3. The molecule has 38 heavy (non-hydrogen) atoms. The number of aryl methyl sites for hydroxylation is 2. The van der Waals surface area contributed by atoms with Crippen molar-refractivity contribution in [3.8, 4) is 28.8 Å². The molecule has 190 valence electrons. The third-order valence-corrected chi connectivity index (χ3v) is 5.92. The summed E-state index contributed by atoms with van der Waals surface area (Å²) in [5.74, 6) is 0.757. The molecule has 9 heteroatoms. The first kappa shape index (κ1) is 26.1. The number of hydrogen-bond donors (Lipinski definition) is 0. The molecule has 6 nitrogen and oxygen atoms in total. The average molecular weight is 515 g/mol. The second kappa shape index (κ2) is 10.6. The number of nitriles is 1. The molecule has 1 aromatic heterocycles. The number of aromatic nitrogens is 1. The molecule has 0 spiro atoms. The van der Waals surface area contributed by atoms with Gasteiger partial charge >= 0.3 is 6.18 Å². The van der Waals surface area contributed by atoms with Crippen LogP contribution in [0.5, 0.6) is 11.5 Å². The molecule has 0 aliphatic rings. The van der Waals surface area contributed by atoms with Crippen LogP contribution in [0.15, 0.2) is 82.6 Å². The fourth-order valence-electron chi connectivity index (χ4n) is 4.07. The van der Waals surface area contributed by atoms with Gasteiger partial charge in [0.25, 0.3) is 5.56 Å². The first-order valence-corrected chi connectivity index (χ1v) is 11.4. The minimum absolute atomic E-state index is 0.00941. The van der Waals surface area contributed by atoms with Crippen LogP contribution in [0.1, 0.15) is 27.8 Å². The molecule has 0 atom stereocenters. The van der Waals surface area contributed by atoms with Crippen LogP contribution in [0.2, 0.25) is 0 Å². The number of isocyanates is 1. The maximum absolute atomic E-state index is 13.8. The summed E-state index contributed by atoms with van der Waals surface area (Å²) in [5, 5.41) is 9.43. The summed E-state index contributed by atoms with van der Waals surface area (Å²) < 4.78 is 48.4. The predicted octanol–water partition coefficient (Wildman–Crippen LogP) is 6.83. The lowest BCUT2D eigenvalue weighted by atomic mass is 10.0. The zero-order valence-corrected chi connectivity index (χ0v) is 20.3. The van der Waals surface area contributed by atoms with E-state index in [0.717, 1.165) is 22.8 Å². The highest BCUT2D eigenvalue weighted by Gasteiger charge is 2.36. The smallest absolute Gasteiger partial charge is 0.417 e. The van der Waals surface area contributed by atoms with E-state index in [9.17, 15) is 28.0 Å². The number of carbonyl (C=O) groups excluding carboxylic acids is 1. The molecular formula is C29H20F3N3O3. The van der Waals surface area contributed by atoms with Gasteiger partial charge in [0.2, 0.25) is 6.08 Å². The summed E-state index contributed by atoms with van der Waals surface area (Å²) in [5.41, 5.74) is 0.0267. The molecule has 0 bridgehead atoms. The average Bonchev–Trinajstić information content (AvgIpc) is 2.87. The van der Waals surface area contributed by atoms with E-state index in [0.29, 0.717) is 22.7 Å². The monoisotopic (exact) mass is 515 g/mol. The maximum Gasteiger partial charge on any atom is 0.417 e. The molecule has 0 fully saturated rings. The Balaban J connectivity index is 1.80. The van der Waals surface area contributed by atoms with Crippen LogP contribution in [0.25, 0.3) is 11.3 Å². The lowest BCUT2D eigenvalue weighted by molar-refractivity contribution is -0.137. The van der Waals surface area contributed by atoms with Gasteiger partial charge in [0.15, 0.2) is 0 Å². The van der Waals surface area contributed by atoms with Crippen molar-refractivity contribution in [2.24, 2.45) is 4.99 Å². The summed E-state index contributed by atoms with van der Waals surface area (Å²) in [4.78, 5) is 27.3. The molecule has 1 heterocycles. The molecule has 0 unspecified atom stereocenters. The SMILES string of the molecule is Cc1ccc(Cn2c(-c3ccc(Oc4cccc(N=C=O)c4)cc3)cc(C(F)(F)F)c(C#N)c2=O)c(C)c1. The van der Waals surface area contributed by atoms with Gasteiger partial charge < -0.3 is 9.30 Å². The number of alkyl halides is 3. The minimum Gasteiger partial charge on any atom is -0.457 e. The van der Waals surface area contributed by atoms with E-state index in [1.54, 1.807) is 30.3 Å². The Labute approximate surface area is 215 Å². The van der Waals surface area contributed by atoms with Gasteiger partial charge in [-0.3, -0.25) is 4.79 Å². The molecule has 0 aliphatic heterocycles. The third kappa shape index (κ3) is 5.56. The highest BCUT2D eigenvalue weighted by atomic mass is 19.4. The first-order valence-electron chi connectivity index (χ1n) is 11.4. The zero-order chi connectivity index (χ0) is 27.4. The van der Waals surface area contributed by atoms with E-state index in [1.807, 2.05) is 32.0 Å². The summed E-state index contributed by atoms with van der Waals surface area (Å²) >= 11 is 0. The van der Waals surface area contributed by atoms with Crippen molar-refractivity contribution in [1.29, 1.82) is 5.26 Å². The van der Waals surface area contributed by atoms with Crippen LogP contribution in [-0.2, 0) is 17.5 Å². The number of benzene rings is 3. The summed E-state index contributed by atoms with van der Waals surface area (Å²) in [6.07, 6.45) is -3.44. The van der Waals surface area contributed by atoms with Gasteiger partial charge in [0, 0.05) is 6.07 Å². The van der Waals surface area contributed by atoms with Gasteiger partial charge in [-0.05, 0) is 73.0 Å². The topological polar surface area (TPSA) is 84.4 Å². The molecule has 0 radical (unpaired) electrons. The van der Waals surface area contributed by atoms with E-state index >= 15 is 0 Å². The molecule has 0 amide bonds. The Morgan fingerprint density at radius 1 is 0.974 bits per heavy atom. The summed E-state index contributed by atoms with van der Waals surface area (Å²) in [6.45, 7) is 3.74. The number of hydrogen-bond acceptors (Lipinski definition) is 5. The molecule has 0 aliphatic carbocycles. The van der Waals surface area contributed by atoms with Crippen molar-refractivity contribution in [1.82, 2.24) is 4.57 Å². The van der Waals surface area contributed by atoms with E-state index in [-0.39, 0.29) is 12.2 Å². The van der Waals surface area contributed by atoms with Gasteiger partial charge in [-0.1, -0.05) is 29.8 Å². The van der Waals surface area contributed by atoms with Crippen molar-refractivity contribution >= 4 is 11.8 Å². The minimum atomic E-state index is -4.89. The Bertz CT molecular complexity index is 1660. The highest BCUT2D eigenvalue weighted by Crippen LogP contribution is 2.35. The Hall–Kier alpha value is -4.93. The Morgan fingerprint density at radius 3 is 2.34 bits per heavy atom. The number of rotatable bonds is 6. The number of halogens is 3. The first-order chi connectivity index (χ1) is 18.1. The Kier molecular flexibility index (Phi) is 7.28. The lowest BCUT2D eigenvalue weighted by Crippen LogP contribution is -2.29. The molecule has 4 aromatic rings. The summed E-state index contributed by atoms with van der Waals surface area (Å²) in [7, 11) is 0. The van der Waals surface area contributed by atoms with Gasteiger partial charge in [0.05, 0.1) is 23.5 Å². The van der Waals surface area contributed by atoms with Crippen molar-refractivity contribution in [2.45, 2.75) is 26.6 Å². The molecule has 0 N–H and O–H groups in total. The molecular weight excluding hydrogens is 495 g/mol. The molecule has 3 aromatic carbocycles. The number of pyridine rings is 1. The van der Waals surface area contributed by atoms with Crippen LogP contribution in [-0.4, -0.2) is 10.6 Å². The van der Waals surface area contributed by atoms with Crippen molar-refractivity contribution in [2.75, 3.05) is 0 Å². The predicted molar refractivity (Wildman–Crippen MR) is 135 cm³/mol. The highest BCUT2D eigenvalue weighted by molar-refractivity contribution is 5.64. The van der Waals surface area contributed by atoms with Gasteiger partial charge in [-0.15, -0.1) is 0 Å². The molecule has 0 saturated carbocycles. The molecule has 0 saturated heterocycles.